The lowest BCUT2D eigenvalue weighted by molar-refractivity contribution is 0.356. The molecule has 0 unspecified atom stereocenters. The number of halogens is 1. The average Bonchev–Trinajstić information content (AvgIpc) is 3.31. The van der Waals surface area contributed by atoms with Crippen molar-refractivity contribution >= 4 is 33.4 Å². The van der Waals surface area contributed by atoms with Gasteiger partial charge in [0.25, 0.3) is 0 Å². The number of methoxy groups -OCH3 is 2. The molecule has 0 atom stereocenters. The largest absolute Gasteiger partial charge is 0.493 e. The molecule has 2 aromatic heterocycles. The van der Waals surface area contributed by atoms with Gasteiger partial charge in [0, 0.05) is 27.8 Å². The van der Waals surface area contributed by atoms with Crippen LogP contribution in [0, 0.1) is 0 Å². The van der Waals surface area contributed by atoms with Gasteiger partial charge in [-0.1, -0.05) is 72.3 Å². The van der Waals surface area contributed by atoms with Crippen molar-refractivity contribution in [2.45, 2.75) is 6.42 Å². The number of pyridine rings is 1. The Kier molecular flexibility index (Phi) is 5.99. The van der Waals surface area contributed by atoms with Gasteiger partial charge in [-0.25, -0.2) is 9.67 Å². The van der Waals surface area contributed by atoms with E-state index in [1.54, 1.807) is 14.2 Å². The summed E-state index contributed by atoms with van der Waals surface area (Å²) in [6.07, 6.45) is 0.665. The molecule has 0 aliphatic heterocycles. The highest BCUT2D eigenvalue weighted by molar-refractivity contribution is 6.31. The van der Waals surface area contributed by atoms with Crippen LogP contribution in [0.5, 0.6) is 11.5 Å². The van der Waals surface area contributed by atoms with Crippen molar-refractivity contribution in [1.82, 2.24) is 14.8 Å². The molecule has 0 spiro atoms. The number of nitrogens with zero attached hydrogens (tertiary/aromatic N) is 3. The van der Waals surface area contributed by atoms with Gasteiger partial charge in [0.2, 0.25) is 0 Å². The Balaban J connectivity index is 1.75. The Morgan fingerprint density at radius 1 is 0.757 bits per heavy atom. The summed E-state index contributed by atoms with van der Waals surface area (Å²) < 4.78 is 13.3. The van der Waals surface area contributed by atoms with Gasteiger partial charge < -0.3 is 9.47 Å². The van der Waals surface area contributed by atoms with Crippen LogP contribution in [0.4, 0.5) is 0 Å². The molecule has 0 aliphatic rings. The van der Waals surface area contributed by atoms with E-state index in [4.69, 9.17) is 31.2 Å². The fraction of sp³-hybridized carbons (Fsp3) is 0.0968. The molecular weight excluding hydrogens is 482 g/mol. The first-order chi connectivity index (χ1) is 18.2. The van der Waals surface area contributed by atoms with Crippen LogP contribution in [0.3, 0.4) is 0 Å². The minimum atomic E-state index is 0.638. The van der Waals surface area contributed by atoms with E-state index in [-0.39, 0.29) is 0 Å². The Morgan fingerprint density at radius 2 is 1.43 bits per heavy atom. The fourth-order valence-electron chi connectivity index (χ4n) is 4.80. The second kappa shape index (κ2) is 9.60. The van der Waals surface area contributed by atoms with Gasteiger partial charge in [-0.15, -0.1) is 0 Å². The number of hydrogen-bond donors (Lipinski definition) is 0. The standard InChI is InChI=1S/C31H24ClN3O2/c1-36-27-18-24-25(19-28(27)37-2)30(21-12-9-13-22(32)17-21)33-31-29(24)26(16-20-10-5-3-6-11-20)34-35(31)23-14-7-4-8-15-23/h3-15,17-19H,16H2,1-2H3. The van der Waals surface area contributed by atoms with Crippen molar-refractivity contribution in [3.8, 4) is 28.4 Å². The molecule has 0 aliphatic carbocycles. The van der Waals surface area contributed by atoms with Gasteiger partial charge in [0.15, 0.2) is 17.1 Å². The van der Waals surface area contributed by atoms with Crippen molar-refractivity contribution in [3.63, 3.8) is 0 Å². The topological polar surface area (TPSA) is 49.2 Å². The van der Waals surface area contributed by atoms with Crippen molar-refractivity contribution < 1.29 is 9.47 Å². The number of rotatable bonds is 6. The second-order valence-electron chi connectivity index (χ2n) is 8.78. The molecule has 0 saturated heterocycles. The van der Waals surface area contributed by atoms with Crippen molar-refractivity contribution in [2.75, 3.05) is 14.2 Å². The molecule has 6 aromatic rings. The van der Waals surface area contributed by atoms with Crippen LogP contribution < -0.4 is 9.47 Å². The molecule has 5 nitrogen and oxygen atoms in total. The number of ether oxygens (including phenoxy) is 2. The maximum atomic E-state index is 6.40. The molecular formula is C31H24ClN3O2. The van der Waals surface area contributed by atoms with Crippen LogP contribution in [-0.2, 0) is 6.42 Å². The van der Waals surface area contributed by atoms with E-state index < -0.39 is 0 Å². The predicted molar refractivity (Wildman–Crippen MR) is 149 cm³/mol. The lowest BCUT2D eigenvalue weighted by Gasteiger charge is -2.14. The van der Waals surface area contributed by atoms with E-state index in [1.165, 1.54) is 5.56 Å². The van der Waals surface area contributed by atoms with Gasteiger partial charge >= 0.3 is 0 Å². The van der Waals surface area contributed by atoms with Crippen LogP contribution in [0.25, 0.3) is 38.8 Å². The Labute approximate surface area is 219 Å². The van der Waals surface area contributed by atoms with E-state index in [0.717, 1.165) is 44.4 Å². The van der Waals surface area contributed by atoms with Gasteiger partial charge in [-0.3, -0.25) is 0 Å². The molecule has 6 rings (SSSR count). The summed E-state index contributed by atoms with van der Waals surface area (Å²) in [5.74, 6) is 1.29. The van der Waals surface area contributed by atoms with Gasteiger partial charge in [-0.2, -0.15) is 5.10 Å². The summed E-state index contributed by atoms with van der Waals surface area (Å²) in [5, 5.41) is 8.67. The molecule has 0 saturated carbocycles. The van der Waals surface area contributed by atoms with Crippen LogP contribution in [0.2, 0.25) is 5.02 Å². The summed E-state index contributed by atoms with van der Waals surface area (Å²) in [6.45, 7) is 0. The molecule has 182 valence electrons. The number of hydrogen-bond acceptors (Lipinski definition) is 4. The third-order valence-electron chi connectivity index (χ3n) is 6.51. The smallest absolute Gasteiger partial charge is 0.164 e. The van der Waals surface area contributed by atoms with Gasteiger partial charge in [0.05, 0.1) is 36.7 Å². The quantitative estimate of drug-likeness (QED) is 0.235. The molecule has 0 bridgehead atoms. The first-order valence-corrected chi connectivity index (χ1v) is 12.4. The van der Waals surface area contributed by atoms with E-state index in [2.05, 4.69) is 12.1 Å². The van der Waals surface area contributed by atoms with E-state index >= 15 is 0 Å². The minimum absolute atomic E-state index is 0.638. The highest BCUT2D eigenvalue weighted by Gasteiger charge is 2.22. The molecule has 6 heteroatoms. The maximum Gasteiger partial charge on any atom is 0.164 e. The van der Waals surface area contributed by atoms with E-state index in [1.807, 2.05) is 89.6 Å². The molecule has 0 N–H and O–H groups in total. The minimum Gasteiger partial charge on any atom is -0.493 e. The molecule has 4 aromatic carbocycles. The third kappa shape index (κ3) is 4.17. The van der Waals surface area contributed by atoms with Crippen LogP contribution in [0.15, 0.2) is 97.1 Å². The number of aromatic nitrogens is 3. The molecule has 0 amide bonds. The average molecular weight is 506 g/mol. The fourth-order valence-corrected chi connectivity index (χ4v) is 4.99. The molecule has 2 heterocycles. The second-order valence-corrected chi connectivity index (χ2v) is 9.21. The zero-order valence-corrected chi connectivity index (χ0v) is 21.2. The molecule has 0 radical (unpaired) electrons. The summed E-state index contributed by atoms with van der Waals surface area (Å²) in [4.78, 5) is 5.23. The Morgan fingerprint density at radius 3 is 2.11 bits per heavy atom. The summed E-state index contributed by atoms with van der Waals surface area (Å²) in [5.41, 5.74) is 5.54. The number of fused-ring (bicyclic) bond motifs is 3. The first-order valence-electron chi connectivity index (χ1n) is 12.0. The normalized spacial score (nSPS) is 11.2. The van der Waals surface area contributed by atoms with Gasteiger partial charge in [0.1, 0.15) is 0 Å². The number of benzene rings is 4. The third-order valence-corrected chi connectivity index (χ3v) is 6.75. The maximum absolute atomic E-state index is 6.40. The van der Waals surface area contributed by atoms with Crippen LogP contribution in [-0.4, -0.2) is 29.0 Å². The highest BCUT2D eigenvalue weighted by atomic mass is 35.5. The van der Waals surface area contributed by atoms with E-state index in [0.29, 0.717) is 22.9 Å². The van der Waals surface area contributed by atoms with Crippen molar-refractivity contribution in [1.29, 1.82) is 0 Å². The SMILES string of the molecule is COc1cc2c(-c3cccc(Cl)c3)nc3c(c(Cc4ccccc4)nn3-c3ccccc3)c2cc1OC. The van der Waals surface area contributed by atoms with Crippen molar-refractivity contribution in [2.24, 2.45) is 0 Å². The molecule has 37 heavy (non-hydrogen) atoms. The van der Waals surface area contributed by atoms with Crippen molar-refractivity contribution in [3.05, 3.63) is 113 Å². The van der Waals surface area contributed by atoms with E-state index in [9.17, 15) is 0 Å². The Bertz CT molecular complexity index is 1730. The number of para-hydroxylation sites is 1. The lowest BCUT2D eigenvalue weighted by Crippen LogP contribution is -1.99. The molecule has 0 fully saturated rings. The summed E-state index contributed by atoms with van der Waals surface area (Å²) in [6, 6.07) is 32.2. The van der Waals surface area contributed by atoms with Crippen LogP contribution >= 0.6 is 11.6 Å². The zero-order chi connectivity index (χ0) is 25.4. The monoisotopic (exact) mass is 505 g/mol. The summed E-state index contributed by atoms with van der Waals surface area (Å²) in [7, 11) is 3.29. The Hall–Kier alpha value is -4.35. The highest BCUT2D eigenvalue weighted by Crippen LogP contribution is 2.41. The predicted octanol–water partition coefficient (Wildman–Crippen LogP) is 7.50. The van der Waals surface area contributed by atoms with Crippen LogP contribution in [0.1, 0.15) is 11.3 Å². The first kappa shape index (κ1) is 23.1. The van der Waals surface area contributed by atoms with Gasteiger partial charge in [-0.05, 0) is 42.0 Å². The zero-order valence-electron chi connectivity index (χ0n) is 20.5. The summed E-state index contributed by atoms with van der Waals surface area (Å²) >= 11 is 6.40. The lowest BCUT2D eigenvalue weighted by atomic mass is 9.98.